The predicted octanol–water partition coefficient (Wildman–Crippen LogP) is -1.90. The zero-order valence-corrected chi connectivity index (χ0v) is 10.1. The van der Waals surface area contributed by atoms with Crippen LogP contribution in [0.4, 0.5) is 0 Å². The molecule has 0 saturated heterocycles. The van der Waals surface area contributed by atoms with Crippen LogP contribution >= 0.6 is 0 Å². The smallest absolute Gasteiger partial charge is 0.870 e. The van der Waals surface area contributed by atoms with Crippen LogP contribution in [0.25, 0.3) is 0 Å². The Morgan fingerprint density at radius 1 is 1.28 bits per heavy atom. The van der Waals surface area contributed by atoms with E-state index in [1.54, 1.807) is 6.29 Å². The summed E-state index contributed by atoms with van der Waals surface area (Å²) in [5.41, 5.74) is 1.21. The van der Waals surface area contributed by atoms with Gasteiger partial charge in [-0.1, -0.05) is 30.3 Å². The van der Waals surface area contributed by atoms with Crippen LogP contribution < -0.4 is 18.9 Å². The first kappa shape index (κ1) is 14.6. The van der Waals surface area contributed by atoms with E-state index in [0.717, 1.165) is 18.7 Å². The van der Waals surface area contributed by atoms with E-state index in [-0.39, 0.29) is 36.2 Å². The molecule has 6 heteroatoms. The number of hydrogen-bond acceptors (Lipinski definition) is 4. The van der Waals surface area contributed by atoms with Crippen molar-refractivity contribution in [3.8, 4) is 0 Å². The van der Waals surface area contributed by atoms with Gasteiger partial charge in [0.1, 0.15) is 5.82 Å². The van der Waals surface area contributed by atoms with E-state index >= 15 is 0 Å². The van der Waals surface area contributed by atoms with Gasteiger partial charge in [-0.2, -0.15) is 11.4 Å². The Balaban J connectivity index is 0.000000810. The molecule has 5 nitrogen and oxygen atoms in total. The van der Waals surface area contributed by atoms with Gasteiger partial charge in [-0.25, -0.2) is 9.67 Å². The zero-order chi connectivity index (χ0) is 11.0. The maximum atomic E-state index is 10.5. The minimum Gasteiger partial charge on any atom is -0.870 e. The third kappa shape index (κ3) is 2.39. The van der Waals surface area contributed by atoms with E-state index in [9.17, 15) is 4.79 Å². The number of fused-ring (bicyclic) bond motifs is 1. The third-order valence-electron chi connectivity index (χ3n) is 2.91. The van der Waals surface area contributed by atoms with E-state index in [1.807, 2.05) is 22.9 Å². The number of carbonyl (C=O) groups excluding carboxylic acids is 1. The maximum Gasteiger partial charge on any atom is 1.00 e. The number of rotatable bonds is 2. The summed E-state index contributed by atoms with van der Waals surface area (Å²) in [7, 11) is 0. The molecular weight excluding hydrogens is 225 g/mol. The van der Waals surface area contributed by atoms with Gasteiger partial charge in [-0.05, 0) is 12.0 Å². The Kier molecular flexibility index (Phi) is 4.85. The van der Waals surface area contributed by atoms with Gasteiger partial charge in [0, 0.05) is 12.2 Å². The Morgan fingerprint density at radius 3 is 2.67 bits per heavy atom. The minimum absolute atomic E-state index is 0. The molecule has 1 atom stereocenters. The molecule has 1 aliphatic rings. The number of aryl methyl sites for hydroxylation is 1. The molecular formula is C12H11LiN3O2-. The number of benzene rings is 1. The molecule has 2 heterocycles. The Bertz CT molecular complexity index is 527. The van der Waals surface area contributed by atoms with Gasteiger partial charge in [-0.3, -0.25) is 0 Å². The molecule has 0 bridgehead atoms. The Labute approximate surface area is 117 Å². The largest absolute Gasteiger partial charge is 1.00 e. The first-order chi connectivity index (χ1) is 7.88. The number of aromatic nitrogens is 3. The Hall–Kier alpha value is -1.41. The van der Waals surface area contributed by atoms with Gasteiger partial charge in [0.15, 0.2) is 0 Å². The van der Waals surface area contributed by atoms with Gasteiger partial charge in [0.05, 0.1) is 6.04 Å². The fourth-order valence-electron chi connectivity index (χ4n) is 2.19. The van der Waals surface area contributed by atoms with Crippen molar-refractivity contribution >= 4 is 6.29 Å². The van der Waals surface area contributed by atoms with Crippen molar-refractivity contribution in [1.29, 1.82) is 0 Å². The van der Waals surface area contributed by atoms with Crippen LogP contribution in [0.15, 0.2) is 30.3 Å². The number of hydrogen-bond donors (Lipinski definition) is 0. The summed E-state index contributed by atoms with van der Waals surface area (Å²) in [5.74, 6) is 1.04. The topological polar surface area (TPSA) is 77.8 Å². The summed E-state index contributed by atoms with van der Waals surface area (Å²) in [4.78, 5) is 14.6. The van der Waals surface area contributed by atoms with E-state index in [1.165, 1.54) is 5.56 Å². The fraction of sp³-hybridized carbons (Fsp3) is 0.250. The average molecular weight is 236 g/mol. The van der Waals surface area contributed by atoms with Crippen molar-refractivity contribution in [3.05, 3.63) is 47.5 Å². The van der Waals surface area contributed by atoms with Crippen molar-refractivity contribution in [2.75, 3.05) is 0 Å². The summed E-state index contributed by atoms with van der Waals surface area (Å²) >= 11 is 0. The average Bonchev–Trinajstić information content (AvgIpc) is 2.88. The summed E-state index contributed by atoms with van der Waals surface area (Å²) < 4.78 is 1.84. The molecule has 3 rings (SSSR count). The van der Waals surface area contributed by atoms with Crippen molar-refractivity contribution in [2.45, 2.75) is 18.9 Å². The predicted molar refractivity (Wildman–Crippen MR) is 59.7 cm³/mol. The standard InChI is InChI=1S/C12H10N3O.Li.H2O/c16-8-11-13-12-7-6-10(15(12)14-11)9-4-2-1-3-5-9;;/h1-5,10H,6-7H2;;1H2/q-1;+1;/p-1. The quantitative estimate of drug-likeness (QED) is 0.450. The second kappa shape index (κ2) is 5.96. The van der Waals surface area contributed by atoms with Crippen molar-refractivity contribution in [3.63, 3.8) is 0 Å². The molecule has 0 aliphatic carbocycles. The minimum atomic E-state index is 0. The molecule has 1 aromatic carbocycles. The van der Waals surface area contributed by atoms with Crippen molar-refractivity contribution in [1.82, 2.24) is 14.8 Å². The second-order valence-corrected chi connectivity index (χ2v) is 3.86. The third-order valence-corrected chi connectivity index (χ3v) is 2.91. The molecule has 0 spiro atoms. The number of nitrogens with zero attached hydrogens (tertiary/aromatic N) is 3. The van der Waals surface area contributed by atoms with E-state index < -0.39 is 0 Å². The normalized spacial score (nSPS) is 16.3. The molecule has 1 N–H and O–H groups in total. The summed E-state index contributed by atoms with van der Waals surface area (Å²) in [6.07, 6.45) is 3.60. The fourth-order valence-corrected chi connectivity index (χ4v) is 2.19. The van der Waals surface area contributed by atoms with E-state index in [4.69, 9.17) is 0 Å². The molecule has 1 aromatic heterocycles. The molecule has 1 aliphatic heterocycles. The summed E-state index contributed by atoms with van der Waals surface area (Å²) in [5, 5.41) is 4.15. The monoisotopic (exact) mass is 236 g/mol. The van der Waals surface area contributed by atoms with Gasteiger partial charge < -0.3 is 10.3 Å². The van der Waals surface area contributed by atoms with Gasteiger partial charge >= 0.3 is 18.9 Å². The van der Waals surface area contributed by atoms with Crippen LogP contribution in [0.2, 0.25) is 0 Å². The maximum absolute atomic E-state index is 10.5. The first-order valence-electron chi connectivity index (χ1n) is 5.27. The van der Waals surface area contributed by atoms with Crippen molar-refractivity contribution in [2.24, 2.45) is 0 Å². The van der Waals surface area contributed by atoms with Crippen LogP contribution in [0.5, 0.6) is 0 Å². The van der Waals surface area contributed by atoms with Gasteiger partial charge in [0.25, 0.3) is 0 Å². The van der Waals surface area contributed by atoms with Crippen LogP contribution in [0.1, 0.15) is 29.7 Å². The molecule has 2 aromatic rings. The van der Waals surface area contributed by atoms with Crippen LogP contribution in [0, 0.1) is 0 Å². The second-order valence-electron chi connectivity index (χ2n) is 3.86. The summed E-state index contributed by atoms with van der Waals surface area (Å²) in [6, 6.07) is 10.4. The van der Waals surface area contributed by atoms with Crippen LogP contribution in [-0.4, -0.2) is 26.5 Å². The molecule has 0 radical (unpaired) electrons. The molecule has 18 heavy (non-hydrogen) atoms. The Morgan fingerprint density at radius 2 is 2.00 bits per heavy atom. The molecule has 1 unspecified atom stereocenters. The van der Waals surface area contributed by atoms with Crippen LogP contribution in [-0.2, 0) is 11.2 Å². The van der Waals surface area contributed by atoms with E-state index in [2.05, 4.69) is 22.2 Å². The molecule has 0 amide bonds. The summed E-state index contributed by atoms with van der Waals surface area (Å²) in [6.45, 7) is 0. The van der Waals surface area contributed by atoms with Crippen LogP contribution in [0.3, 0.4) is 0 Å². The molecule has 0 saturated carbocycles. The zero-order valence-electron chi connectivity index (χ0n) is 10.1. The molecule has 88 valence electrons. The van der Waals surface area contributed by atoms with Crippen molar-refractivity contribution < 1.29 is 29.1 Å². The molecule has 0 fully saturated rings. The van der Waals surface area contributed by atoms with Gasteiger partial charge in [0.2, 0.25) is 0 Å². The SMILES string of the molecule is O=[C-]c1nc2n(n1)C(c1ccccc1)CC2.[Li+].[OH-]. The first-order valence-corrected chi connectivity index (χ1v) is 5.27. The van der Waals surface area contributed by atoms with Gasteiger partial charge in [-0.15, -0.1) is 0 Å². The van der Waals surface area contributed by atoms with E-state index in [0.29, 0.717) is 0 Å².